The van der Waals surface area contributed by atoms with E-state index < -0.39 is 11.6 Å². The Morgan fingerprint density at radius 2 is 2.03 bits per heavy atom. The Labute approximate surface area is 197 Å². The van der Waals surface area contributed by atoms with Crippen LogP contribution in [-0.4, -0.2) is 43.0 Å². The van der Waals surface area contributed by atoms with Crippen molar-refractivity contribution in [2.45, 2.75) is 37.6 Å². The number of nitrogens with zero attached hydrogens (tertiary/aromatic N) is 1. The van der Waals surface area contributed by atoms with Crippen molar-refractivity contribution in [3.63, 3.8) is 0 Å². The molecule has 8 heteroatoms. The Bertz CT molecular complexity index is 1220. The standard InChI is InChI=1S/C26H29F2N3O3/c1-33-21-8-4-17-5-11-26(32)31(24(17)14-21)15-23(29)25-10-7-20(16-34-25)30-12-2-3-18-13-19(27)6-9-22(18)28/h2-6,8-9,11,13-14,20,23,25,30H,7,10,12,15-16,29H2,1H3/t20-,23+,25+/m1/s1. The number of halogens is 2. The van der Waals surface area contributed by atoms with E-state index in [4.69, 9.17) is 15.2 Å². The van der Waals surface area contributed by atoms with Crippen molar-refractivity contribution in [2.75, 3.05) is 20.3 Å². The molecular weight excluding hydrogens is 440 g/mol. The molecule has 0 radical (unpaired) electrons. The van der Waals surface area contributed by atoms with E-state index in [0.29, 0.717) is 25.4 Å². The lowest BCUT2D eigenvalue weighted by molar-refractivity contribution is -0.0185. The number of ether oxygens (including phenoxy) is 2. The molecule has 6 nitrogen and oxygen atoms in total. The Morgan fingerprint density at radius 3 is 2.79 bits per heavy atom. The summed E-state index contributed by atoms with van der Waals surface area (Å²) in [4.78, 5) is 12.6. The first-order valence-electron chi connectivity index (χ1n) is 11.3. The van der Waals surface area contributed by atoms with Crippen molar-refractivity contribution in [3.8, 4) is 5.75 Å². The minimum atomic E-state index is -0.470. The topological polar surface area (TPSA) is 78.5 Å². The second-order valence-electron chi connectivity index (χ2n) is 8.49. The number of rotatable bonds is 8. The highest BCUT2D eigenvalue weighted by Crippen LogP contribution is 2.21. The van der Waals surface area contributed by atoms with Crippen molar-refractivity contribution in [2.24, 2.45) is 5.73 Å². The van der Waals surface area contributed by atoms with Crippen LogP contribution in [0.4, 0.5) is 8.78 Å². The predicted octanol–water partition coefficient (Wildman–Crippen LogP) is 3.47. The summed E-state index contributed by atoms with van der Waals surface area (Å²) >= 11 is 0. The second kappa shape index (κ2) is 10.9. The van der Waals surface area contributed by atoms with Crippen molar-refractivity contribution in [1.82, 2.24) is 9.88 Å². The molecular formula is C26H29F2N3O3. The molecule has 1 fully saturated rings. The molecule has 180 valence electrons. The van der Waals surface area contributed by atoms with E-state index in [1.807, 2.05) is 18.2 Å². The number of nitrogens with one attached hydrogen (secondary N) is 1. The molecule has 4 rings (SSSR count). The van der Waals surface area contributed by atoms with Gasteiger partial charge in [-0.1, -0.05) is 12.2 Å². The highest BCUT2D eigenvalue weighted by Gasteiger charge is 2.26. The third kappa shape index (κ3) is 5.70. The van der Waals surface area contributed by atoms with Gasteiger partial charge in [0.15, 0.2) is 0 Å². The summed E-state index contributed by atoms with van der Waals surface area (Å²) in [7, 11) is 1.59. The van der Waals surface area contributed by atoms with Gasteiger partial charge >= 0.3 is 0 Å². The average Bonchev–Trinajstić information content (AvgIpc) is 2.85. The van der Waals surface area contributed by atoms with Crippen molar-refractivity contribution in [3.05, 3.63) is 82.2 Å². The highest BCUT2D eigenvalue weighted by molar-refractivity contribution is 5.80. The van der Waals surface area contributed by atoms with Gasteiger partial charge in [-0.3, -0.25) is 4.79 Å². The largest absolute Gasteiger partial charge is 0.497 e. The fourth-order valence-electron chi connectivity index (χ4n) is 4.25. The Hall–Kier alpha value is -3.07. The number of benzene rings is 2. The van der Waals surface area contributed by atoms with Gasteiger partial charge in [0.2, 0.25) is 0 Å². The van der Waals surface area contributed by atoms with Crippen molar-refractivity contribution >= 4 is 17.0 Å². The first-order chi connectivity index (χ1) is 16.4. The summed E-state index contributed by atoms with van der Waals surface area (Å²) in [6.07, 6.45) is 4.77. The van der Waals surface area contributed by atoms with Gasteiger partial charge in [-0.2, -0.15) is 0 Å². The molecule has 3 atom stereocenters. The monoisotopic (exact) mass is 469 g/mol. The zero-order valence-corrected chi connectivity index (χ0v) is 19.0. The minimum absolute atomic E-state index is 0.118. The van der Waals surface area contributed by atoms with Crippen LogP contribution in [0, 0.1) is 11.6 Å². The van der Waals surface area contributed by atoms with Gasteiger partial charge in [-0.05, 0) is 54.6 Å². The van der Waals surface area contributed by atoms with E-state index in [1.54, 1.807) is 36.0 Å². The van der Waals surface area contributed by atoms with Gasteiger partial charge in [0.25, 0.3) is 5.56 Å². The molecule has 0 saturated carbocycles. The van der Waals surface area contributed by atoms with E-state index in [0.717, 1.165) is 35.9 Å². The molecule has 1 aromatic heterocycles. The van der Waals surface area contributed by atoms with E-state index in [9.17, 15) is 13.6 Å². The van der Waals surface area contributed by atoms with Crippen LogP contribution in [0.3, 0.4) is 0 Å². The Balaban J connectivity index is 1.31. The summed E-state index contributed by atoms with van der Waals surface area (Å²) < 4.78 is 39.9. The maximum absolute atomic E-state index is 13.7. The molecule has 0 spiro atoms. The summed E-state index contributed by atoms with van der Waals surface area (Å²) in [5.74, 6) is -0.251. The quantitative estimate of drug-likeness (QED) is 0.528. The van der Waals surface area contributed by atoms with Crippen LogP contribution in [0.1, 0.15) is 18.4 Å². The van der Waals surface area contributed by atoms with Crippen molar-refractivity contribution < 1.29 is 18.3 Å². The second-order valence-corrected chi connectivity index (χ2v) is 8.49. The number of methoxy groups -OCH3 is 1. The number of aromatic nitrogens is 1. The number of nitrogens with two attached hydrogens (primary N) is 1. The molecule has 0 aliphatic carbocycles. The molecule has 1 aliphatic rings. The SMILES string of the molecule is COc1ccc2ccc(=O)n(C[C@H](N)[C@@H]3CC[C@@H](NCC=Cc4cc(F)ccc4F)CO3)c2c1. The Morgan fingerprint density at radius 1 is 1.21 bits per heavy atom. The number of pyridine rings is 1. The maximum Gasteiger partial charge on any atom is 0.251 e. The van der Waals surface area contributed by atoms with E-state index >= 15 is 0 Å². The lowest BCUT2D eigenvalue weighted by atomic mass is 9.99. The third-order valence-corrected chi connectivity index (χ3v) is 6.16. The van der Waals surface area contributed by atoms with Gasteiger partial charge < -0.3 is 25.1 Å². The van der Waals surface area contributed by atoms with Crippen LogP contribution >= 0.6 is 0 Å². The molecule has 3 N–H and O–H groups in total. The molecule has 3 aromatic rings. The smallest absolute Gasteiger partial charge is 0.251 e. The van der Waals surface area contributed by atoms with Crippen LogP contribution in [-0.2, 0) is 11.3 Å². The summed E-state index contributed by atoms with van der Waals surface area (Å²) in [6.45, 7) is 1.33. The first-order valence-corrected chi connectivity index (χ1v) is 11.3. The van der Waals surface area contributed by atoms with Crippen LogP contribution < -0.4 is 21.3 Å². The zero-order valence-electron chi connectivity index (χ0n) is 19.0. The van der Waals surface area contributed by atoms with Gasteiger partial charge in [0.05, 0.1) is 25.3 Å². The average molecular weight is 470 g/mol. The highest BCUT2D eigenvalue weighted by atomic mass is 19.1. The van der Waals surface area contributed by atoms with Gasteiger partial charge in [0, 0.05) is 42.9 Å². The predicted molar refractivity (Wildman–Crippen MR) is 129 cm³/mol. The Kier molecular flexibility index (Phi) is 7.72. The molecule has 1 saturated heterocycles. The van der Waals surface area contributed by atoms with Crippen LogP contribution in [0.2, 0.25) is 0 Å². The molecule has 2 aromatic carbocycles. The number of hydrogen-bond acceptors (Lipinski definition) is 5. The van der Waals surface area contributed by atoms with E-state index in [2.05, 4.69) is 5.32 Å². The fraction of sp³-hybridized carbons (Fsp3) is 0.346. The zero-order chi connectivity index (χ0) is 24.1. The normalized spacial score (nSPS) is 19.5. The molecule has 0 amide bonds. The summed E-state index contributed by atoms with van der Waals surface area (Å²) in [6, 6.07) is 12.1. The van der Waals surface area contributed by atoms with Gasteiger partial charge in [-0.15, -0.1) is 0 Å². The van der Waals surface area contributed by atoms with Gasteiger partial charge in [-0.25, -0.2) is 8.78 Å². The van der Waals surface area contributed by atoms with E-state index in [-0.39, 0.29) is 29.3 Å². The first kappa shape index (κ1) is 24.1. The molecule has 0 unspecified atom stereocenters. The van der Waals surface area contributed by atoms with Crippen LogP contribution in [0.25, 0.3) is 17.0 Å². The maximum atomic E-state index is 13.7. The third-order valence-electron chi connectivity index (χ3n) is 6.16. The minimum Gasteiger partial charge on any atom is -0.497 e. The summed E-state index contributed by atoms with van der Waals surface area (Å²) in [5, 5.41) is 4.28. The molecule has 1 aliphatic heterocycles. The summed E-state index contributed by atoms with van der Waals surface area (Å²) in [5.41, 5.74) is 7.33. The van der Waals surface area contributed by atoms with Crippen molar-refractivity contribution in [1.29, 1.82) is 0 Å². The number of hydrogen-bond donors (Lipinski definition) is 2. The number of fused-ring (bicyclic) bond motifs is 1. The molecule has 34 heavy (non-hydrogen) atoms. The lowest BCUT2D eigenvalue weighted by Crippen LogP contribution is -2.48. The van der Waals surface area contributed by atoms with Crippen LogP contribution in [0.5, 0.6) is 5.75 Å². The molecule has 0 bridgehead atoms. The van der Waals surface area contributed by atoms with E-state index in [1.165, 1.54) is 6.07 Å². The lowest BCUT2D eigenvalue weighted by Gasteiger charge is -2.33. The molecule has 2 heterocycles. The fourth-order valence-corrected chi connectivity index (χ4v) is 4.25. The van der Waals surface area contributed by atoms with Crippen LogP contribution in [0.15, 0.2) is 59.4 Å². The van der Waals surface area contributed by atoms with Gasteiger partial charge in [0.1, 0.15) is 17.4 Å².